The second-order valence-electron chi connectivity index (χ2n) is 13.8. The summed E-state index contributed by atoms with van der Waals surface area (Å²) in [6, 6.07) is 0. The second-order valence-corrected chi connectivity index (χ2v) is 13.8. The van der Waals surface area contributed by atoms with Gasteiger partial charge in [0.05, 0.1) is 11.8 Å². The number of aliphatic carboxylic acids is 2. The minimum atomic E-state index is -0.927. The van der Waals surface area contributed by atoms with Crippen molar-refractivity contribution < 1.29 is 19.8 Å². The first-order valence-electron chi connectivity index (χ1n) is 13.3. The van der Waals surface area contributed by atoms with E-state index in [2.05, 4.69) is 34.3 Å². The Bertz CT molecular complexity index is 845. The predicted octanol–water partition coefficient (Wildman–Crippen LogP) is 7.04. The van der Waals surface area contributed by atoms with Crippen molar-refractivity contribution in [1.29, 1.82) is 0 Å². The van der Waals surface area contributed by atoms with Gasteiger partial charge in [0.15, 0.2) is 0 Å². The van der Waals surface area contributed by atoms with Gasteiger partial charge in [0.2, 0.25) is 0 Å². The maximum Gasteiger partial charge on any atom is 0.309 e. The summed E-state index contributed by atoms with van der Waals surface area (Å²) in [5, 5.41) is 20.0. The number of hydrogen-bond donors (Lipinski definition) is 2. The van der Waals surface area contributed by atoms with Crippen LogP contribution in [0.25, 0.3) is 0 Å². The highest BCUT2D eigenvalue weighted by Crippen LogP contribution is 2.72. The predicted molar refractivity (Wildman–Crippen MR) is 131 cm³/mol. The SMILES string of the molecule is C=C(C)[C@@H]1CC[C@]2(C)CCC3C(CCC4[C@@]3(C)CCC(C(C)(C)C(=O)O)[C@]4(C)CC(=O)O)C12. The van der Waals surface area contributed by atoms with Crippen LogP contribution in [0, 0.1) is 57.2 Å². The van der Waals surface area contributed by atoms with E-state index in [1.807, 2.05) is 13.8 Å². The van der Waals surface area contributed by atoms with E-state index in [1.54, 1.807) is 0 Å². The van der Waals surface area contributed by atoms with Crippen molar-refractivity contribution in [3.63, 3.8) is 0 Å². The van der Waals surface area contributed by atoms with Crippen molar-refractivity contribution in [1.82, 2.24) is 0 Å². The van der Waals surface area contributed by atoms with Gasteiger partial charge in [-0.2, -0.15) is 0 Å². The Kier molecular flexibility index (Phi) is 5.90. The molecule has 0 aromatic carbocycles. The third-order valence-corrected chi connectivity index (χ3v) is 11.9. The van der Waals surface area contributed by atoms with Gasteiger partial charge in [0, 0.05) is 0 Å². The third-order valence-electron chi connectivity index (χ3n) is 11.9. The highest BCUT2D eigenvalue weighted by atomic mass is 16.4. The first-order chi connectivity index (χ1) is 15.2. The van der Waals surface area contributed by atoms with E-state index in [0.717, 1.165) is 25.7 Å². The zero-order valence-electron chi connectivity index (χ0n) is 21.7. The summed E-state index contributed by atoms with van der Waals surface area (Å²) in [6.45, 7) is 17.3. The summed E-state index contributed by atoms with van der Waals surface area (Å²) in [7, 11) is 0. The second kappa shape index (κ2) is 7.85. The van der Waals surface area contributed by atoms with Crippen LogP contribution in [0.3, 0.4) is 0 Å². The van der Waals surface area contributed by atoms with Crippen molar-refractivity contribution in [2.75, 3.05) is 0 Å². The van der Waals surface area contributed by atoms with Crippen LogP contribution < -0.4 is 0 Å². The summed E-state index contributed by atoms with van der Waals surface area (Å²) < 4.78 is 0. The van der Waals surface area contributed by atoms with Gasteiger partial charge in [-0.1, -0.05) is 32.9 Å². The third kappa shape index (κ3) is 3.52. The lowest BCUT2D eigenvalue weighted by Gasteiger charge is -2.67. The molecule has 0 aromatic heterocycles. The van der Waals surface area contributed by atoms with Crippen LogP contribution in [0.4, 0.5) is 0 Å². The first kappa shape index (κ1) is 24.8. The van der Waals surface area contributed by atoms with E-state index in [4.69, 9.17) is 0 Å². The molecule has 0 aromatic rings. The minimum Gasteiger partial charge on any atom is -0.481 e. The molecule has 0 heterocycles. The number of hydrogen-bond acceptors (Lipinski definition) is 2. The molecule has 0 radical (unpaired) electrons. The summed E-state index contributed by atoms with van der Waals surface area (Å²) >= 11 is 0. The highest BCUT2D eigenvalue weighted by molar-refractivity contribution is 5.75. The average Bonchev–Trinajstić information content (AvgIpc) is 3.04. The number of carboxylic acids is 2. The lowest BCUT2D eigenvalue weighted by atomic mass is 9.37. The average molecular weight is 459 g/mol. The van der Waals surface area contributed by atoms with E-state index in [0.29, 0.717) is 29.1 Å². The molecule has 4 aliphatic rings. The van der Waals surface area contributed by atoms with Gasteiger partial charge in [-0.15, -0.1) is 0 Å². The Morgan fingerprint density at radius 3 is 2.18 bits per heavy atom. The Labute approximate surface area is 200 Å². The molecule has 4 saturated carbocycles. The Hall–Kier alpha value is -1.32. The summed E-state index contributed by atoms with van der Waals surface area (Å²) in [6.07, 6.45) is 9.18. The summed E-state index contributed by atoms with van der Waals surface area (Å²) in [4.78, 5) is 24.4. The monoisotopic (exact) mass is 458 g/mol. The fourth-order valence-corrected chi connectivity index (χ4v) is 10.5. The number of fused-ring (bicyclic) bond motifs is 5. The van der Waals surface area contributed by atoms with Gasteiger partial charge in [0.25, 0.3) is 0 Å². The first-order valence-corrected chi connectivity index (χ1v) is 13.3. The molecular weight excluding hydrogens is 412 g/mol. The summed E-state index contributed by atoms with van der Waals surface area (Å²) in [5.74, 6) is 1.16. The molecule has 4 heteroatoms. The van der Waals surface area contributed by atoms with Gasteiger partial charge in [-0.3, -0.25) is 9.59 Å². The van der Waals surface area contributed by atoms with Crippen molar-refractivity contribution in [3.8, 4) is 0 Å². The molecule has 4 nitrogen and oxygen atoms in total. The minimum absolute atomic E-state index is 0.0710. The molecule has 2 N–H and O–H groups in total. The molecule has 4 fully saturated rings. The van der Waals surface area contributed by atoms with Crippen LogP contribution in [0.1, 0.15) is 99.3 Å². The maximum atomic E-state index is 12.3. The van der Waals surface area contributed by atoms with Gasteiger partial charge < -0.3 is 10.2 Å². The fourth-order valence-electron chi connectivity index (χ4n) is 10.5. The zero-order valence-corrected chi connectivity index (χ0v) is 21.7. The zero-order chi connectivity index (χ0) is 24.6. The van der Waals surface area contributed by atoms with E-state index < -0.39 is 22.8 Å². The molecule has 0 aliphatic heterocycles. The quantitative estimate of drug-likeness (QED) is 0.433. The van der Waals surface area contributed by atoms with Gasteiger partial charge in [-0.05, 0) is 124 Å². The van der Waals surface area contributed by atoms with Crippen molar-refractivity contribution >= 4 is 11.9 Å². The molecule has 33 heavy (non-hydrogen) atoms. The highest BCUT2D eigenvalue weighted by Gasteiger charge is 2.66. The molecule has 0 bridgehead atoms. The Morgan fingerprint density at radius 2 is 1.61 bits per heavy atom. The van der Waals surface area contributed by atoms with Crippen LogP contribution in [-0.2, 0) is 9.59 Å². The summed E-state index contributed by atoms with van der Waals surface area (Å²) in [5.41, 5.74) is 0.418. The molecule has 5 unspecified atom stereocenters. The molecule has 186 valence electrons. The molecule has 0 saturated heterocycles. The number of carbonyl (C=O) groups is 2. The van der Waals surface area contributed by atoms with Crippen LogP contribution >= 0.6 is 0 Å². The Balaban J connectivity index is 1.73. The van der Waals surface area contributed by atoms with Gasteiger partial charge in [-0.25, -0.2) is 0 Å². The van der Waals surface area contributed by atoms with Crippen LogP contribution in [0.15, 0.2) is 12.2 Å². The van der Waals surface area contributed by atoms with Crippen LogP contribution in [-0.4, -0.2) is 22.2 Å². The number of allylic oxidation sites excluding steroid dienone is 1. The van der Waals surface area contributed by atoms with Crippen molar-refractivity contribution in [2.45, 2.75) is 99.3 Å². The molecule has 9 atom stereocenters. The lowest BCUT2D eigenvalue weighted by molar-refractivity contribution is -0.197. The molecule has 0 amide bonds. The van der Waals surface area contributed by atoms with Crippen molar-refractivity contribution in [2.24, 2.45) is 57.2 Å². The Morgan fingerprint density at radius 1 is 0.970 bits per heavy atom. The topological polar surface area (TPSA) is 74.6 Å². The van der Waals surface area contributed by atoms with E-state index in [1.165, 1.54) is 31.3 Å². The van der Waals surface area contributed by atoms with E-state index in [9.17, 15) is 19.8 Å². The van der Waals surface area contributed by atoms with E-state index >= 15 is 0 Å². The lowest BCUT2D eigenvalue weighted by Crippen LogP contribution is -2.61. The molecule has 0 spiro atoms. The van der Waals surface area contributed by atoms with Gasteiger partial charge >= 0.3 is 11.9 Å². The fraction of sp³-hybridized carbons (Fsp3) is 0.862. The van der Waals surface area contributed by atoms with Crippen molar-refractivity contribution in [3.05, 3.63) is 12.2 Å². The molecule has 4 rings (SSSR count). The largest absolute Gasteiger partial charge is 0.481 e. The van der Waals surface area contributed by atoms with Crippen LogP contribution in [0.2, 0.25) is 0 Å². The normalized spacial score (nSPS) is 47.2. The number of rotatable bonds is 5. The number of carboxylic acid groups (broad SMARTS) is 2. The standard InChI is InChI=1S/C29H46O4/c1-17(2)18-10-13-27(5)14-11-20-19(24(18)27)8-9-22-28(20,6)15-12-21(26(3,4)25(32)33)29(22,7)16-23(30)31/h18-22,24H,1,8-16H2,2-7H3,(H,30,31)(H,32,33)/t18-,19?,20?,21?,22?,24?,27+,28-,29-/m0/s1. The van der Waals surface area contributed by atoms with E-state index in [-0.39, 0.29) is 23.7 Å². The van der Waals surface area contributed by atoms with Gasteiger partial charge in [0.1, 0.15) is 0 Å². The van der Waals surface area contributed by atoms with Crippen LogP contribution in [0.5, 0.6) is 0 Å². The molecule has 4 aliphatic carbocycles. The smallest absolute Gasteiger partial charge is 0.309 e. The maximum absolute atomic E-state index is 12.3. The molecular formula is C29H46O4.